The fourth-order valence-electron chi connectivity index (χ4n) is 2.09. The van der Waals surface area contributed by atoms with Crippen LogP contribution in [0, 0.1) is 5.82 Å². The fourth-order valence-corrected chi connectivity index (χ4v) is 2.09. The van der Waals surface area contributed by atoms with E-state index < -0.39 is 0 Å². The van der Waals surface area contributed by atoms with E-state index in [2.05, 4.69) is 10.3 Å². The highest BCUT2D eigenvalue weighted by Crippen LogP contribution is 2.18. The zero-order chi connectivity index (χ0) is 11.0. The third-order valence-corrected chi connectivity index (χ3v) is 2.87. The Labute approximate surface area is 92.9 Å². The van der Waals surface area contributed by atoms with E-state index >= 15 is 0 Å². The fraction of sp³-hybridized carbons (Fsp3) is 0.250. The molecule has 1 N–H and O–H groups in total. The third kappa shape index (κ3) is 1.51. The predicted molar refractivity (Wildman–Crippen MR) is 58.9 cm³/mol. The molecule has 0 saturated carbocycles. The molecule has 1 aromatic heterocycles. The molecule has 0 atom stereocenters. The van der Waals surface area contributed by atoms with Crippen LogP contribution in [0.15, 0.2) is 30.6 Å². The van der Waals surface area contributed by atoms with Crippen LogP contribution in [0.1, 0.15) is 11.4 Å². The van der Waals surface area contributed by atoms with E-state index in [1.807, 2.05) is 10.6 Å². The van der Waals surface area contributed by atoms with Gasteiger partial charge in [-0.3, -0.25) is 0 Å². The van der Waals surface area contributed by atoms with Crippen LogP contribution >= 0.6 is 0 Å². The number of hydrogen-bond acceptors (Lipinski definition) is 2. The normalized spacial score (nSPS) is 14.8. The highest BCUT2D eigenvalue weighted by Gasteiger charge is 2.15. The van der Waals surface area contributed by atoms with Gasteiger partial charge in [0.1, 0.15) is 5.82 Å². The van der Waals surface area contributed by atoms with Gasteiger partial charge in [0.15, 0.2) is 0 Å². The number of fused-ring (bicyclic) bond motifs is 1. The van der Waals surface area contributed by atoms with Gasteiger partial charge in [-0.2, -0.15) is 0 Å². The first-order valence-corrected chi connectivity index (χ1v) is 5.36. The summed E-state index contributed by atoms with van der Waals surface area (Å²) in [6.45, 7) is 1.76. The smallest absolute Gasteiger partial charge is 0.125 e. The lowest BCUT2D eigenvalue weighted by Gasteiger charge is -2.15. The van der Waals surface area contributed by atoms with Gasteiger partial charge in [-0.1, -0.05) is 6.07 Å². The second kappa shape index (κ2) is 3.72. The molecule has 16 heavy (non-hydrogen) atoms. The number of imidazole rings is 1. The minimum Gasteiger partial charge on any atom is -0.311 e. The Morgan fingerprint density at radius 1 is 1.38 bits per heavy atom. The Morgan fingerprint density at radius 3 is 3.19 bits per heavy atom. The summed E-state index contributed by atoms with van der Waals surface area (Å²) in [5.41, 5.74) is 3.09. The number of rotatable bonds is 1. The molecular weight excluding hydrogens is 205 g/mol. The number of hydrogen-bond donors (Lipinski definition) is 1. The van der Waals surface area contributed by atoms with Gasteiger partial charge in [0, 0.05) is 30.9 Å². The van der Waals surface area contributed by atoms with Crippen molar-refractivity contribution in [2.24, 2.45) is 0 Å². The van der Waals surface area contributed by atoms with Crippen molar-refractivity contribution in [3.05, 3.63) is 47.8 Å². The van der Waals surface area contributed by atoms with Gasteiger partial charge >= 0.3 is 0 Å². The molecule has 2 heterocycles. The topological polar surface area (TPSA) is 29.9 Å². The average Bonchev–Trinajstić information content (AvgIpc) is 2.72. The summed E-state index contributed by atoms with van der Waals surface area (Å²) in [6.07, 6.45) is 2.71. The van der Waals surface area contributed by atoms with Gasteiger partial charge in [0.2, 0.25) is 0 Å². The molecule has 0 unspecified atom stereocenters. The molecule has 0 amide bonds. The van der Waals surface area contributed by atoms with E-state index in [0.29, 0.717) is 0 Å². The molecule has 4 heteroatoms. The summed E-state index contributed by atoms with van der Waals surface area (Å²) in [5, 5.41) is 3.27. The summed E-state index contributed by atoms with van der Waals surface area (Å²) in [6, 6.07) is 6.60. The maximum atomic E-state index is 13.1. The van der Waals surface area contributed by atoms with Crippen molar-refractivity contribution in [2.75, 3.05) is 6.54 Å². The number of nitrogens with one attached hydrogen (secondary N) is 1. The van der Waals surface area contributed by atoms with Gasteiger partial charge in [0.25, 0.3) is 0 Å². The van der Waals surface area contributed by atoms with Crippen LogP contribution in [-0.2, 0) is 13.0 Å². The molecule has 3 nitrogen and oxygen atoms in total. The zero-order valence-corrected chi connectivity index (χ0v) is 8.78. The Kier molecular flexibility index (Phi) is 2.22. The molecule has 3 rings (SSSR count). The quantitative estimate of drug-likeness (QED) is 0.787. The van der Waals surface area contributed by atoms with Gasteiger partial charge < -0.3 is 9.88 Å². The van der Waals surface area contributed by atoms with Crippen LogP contribution in [0.3, 0.4) is 0 Å². The van der Waals surface area contributed by atoms with E-state index in [1.54, 1.807) is 12.4 Å². The van der Waals surface area contributed by atoms with E-state index in [1.165, 1.54) is 17.8 Å². The van der Waals surface area contributed by atoms with Gasteiger partial charge in [-0.25, -0.2) is 9.37 Å². The average molecular weight is 217 g/mol. The van der Waals surface area contributed by atoms with Crippen LogP contribution < -0.4 is 5.32 Å². The van der Waals surface area contributed by atoms with E-state index in [-0.39, 0.29) is 5.82 Å². The maximum Gasteiger partial charge on any atom is 0.125 e. The van der Waals surface area contributed by atoms with E-state index in [9.17, 15) is 4.39 Å². The molecule has 2 aromatic rings. The first-order valence-electron chi connectivity index (χ1n) is 5.36. The number of halogens is 1. The summed E-state index contributed by atoms with van der Waals surface area (Å²) >= 11 is 0. The molecule has 0 saturated heterocycles. The third-order valence-electron chi connectivity index (χ3n) is 2.87. The van der Waals surface area contributed by atoms with Crippen molar-refractivity contribution in [3.63, 3.8) is 0 Å². The molecule has 0 spiro atoms. The van der Waals surface area contributed by atoms with E-state index in [4.69, 9.17) is 0 Å². The van der Waals surface area contributed by atoms with Crippen LogP contribution in [0.25, 0.3) is 5.69 Å². The minimum atomic E-state index is -0.214. The standard InChI is InChI=1S/C12H12FN3/c13-9-2-1-3-10(6-9)16-8-15-11-7-14-5-4-12(11)16/h1-3,6,8,14H,4-5,7H2. The zero-order valence-electron chi connectivity index (χ0n) is 8.78. The Morgan fingerprint density at radius 2 is 2.31 bits per heavy atom. The summed E-state index contributed by atoms with van der Waals surface area (Å²) in [4.78, 5) is 4.34. The van der Waals surface area contributed by atoms with Gasteiger partial charge in [-0.15, -0.1) is 0 Å². The number of benzene rings is 1. The molecule has 1 aromatic carbocycles. The van der Waals surface area contributed by atoms with Gasteiger partial charge in [-0.05, 0) is 18.2 Å². The van der Waals surface area contributed by atoms with Crippen molar-refractivity contribution in [2.45, 2.75) is 13.0 Å². The Balaban J connectivity index is 2.09. The van der Waals surface area contributed by atoms with Crippen molar-refractivity contribution < 1.29 is 4.39 Å². The molecule has 82 valence electrons. The molecule has 0 fully saturated rings. The summed E-state index contributed by atoms with van der Waals surface area (Å²) in [5.74, 6) is -0.214. The number of nitrogens with zero attached hydrogens (tertiary/aromatic N) is 2. The maximum absolute atomic E-state index is 13.1. The van der Waals surface area contributed by atoms with Crippen molar-refractivity contribution in [3.8, 4) is 5.69 Å². The van der Waals surface area contributed by atoms with Crippen LogP contribution in [0.4, 0.5) is 4.39 Å². The largest absolute Gasteiger partial charge is 0.311 e. The monoisotopic (exact) mass is 217 g/mol. The SMILES string of the molecule is Fc1cccc(-n2cnc3c2CCNC3)c1. The van der Waals surface area contributed by atoms with Crippen molar-refractivity contribution in [1.82, 2.24) is 14.9 Å². The second-order valence-corrected chi connectivity index (χ2v) is 3.91. The molecule has 0 aliphatic carbocycles. The molecule has 1 aliphatic heterocycles. The van der Waals surface area contributed by atoms with Crippen molar-refractivity contribution >= 4 is 0 Å². The molecular formula is C12H12FN3. The highest BCUT2D eigenvalue weighted by molar-refractivity contribution is 5.36. The highest BCUT2D eigenvalue weighted by atomic mass is 19.1. The second-order valence-electron chi connectivity index (χ2n) is 3.91. The van der Waals surface area contributed by atoms with Crippen LogP contribution in [-0.4, -0.2) is 16.1 Å². The first kappa shape index (κ1) is 9.54. The molecule has 0 radical (unpaired) electrons. The van der Waals surface area contributed by atoms with Crippen LogP contribution in [0.5, 0.6) is 0 Å². The lowest BCUT2D eigenvalue weighted by atomic mass is 10.1. The first-order chi connectivity index (χ1) is 7.84. The Bertz CT molecular complexity index is 519. The lowest BCUT2D eigenvalue weighted by molar-refractivity contribution is 0.615. The molecule has 0 bridgehead atoms. The van der Waals surface area contributed by atoms with Crippen molar-refractivity contribution in [1.29, 1.82) is 0 Å². The van der Waals surface area contributed by atoms with Gasteiger partial charge in [0.05, 0.1) is 12.0 Å². The predicted octanol–water partition coefficient (Wildman–Crippen LogP) is 1.66. The van der Waals surface area contributed by atoms with E-state index in [0.717, 1.165) is 30.9 Å². The Hall–Kier alpha value is -1.68. The summed E-state index contributed by atoms with van der Waals surface area (Å²) in [7, 11) is 0. The lowest BCUT2D eigenvalue weighted by Crippen LogP contribution is -2.24. The molecule has 1 aliphatic rings. The summed E-state index contributed by atoms with van der Waals surface area (Å²) < 4.78 is 15.1. The minimum absolute atomic E-state index is 0.214. The van der Waals surface area contributed by atoms with Crippen LogP contribution in [0.2, 0.25) is 0 Å². The number of aromatic nitrogens is 2.